The van der Waals surface area contributed by atoms with Crippen molar-refractivity contribution in [3.05, 3.63) is 22.7 Å². The maximum Gasteiger partial charge on any atom is 0.249 e. The Morgan fingerprint density at radius 3 is 3.05 bits per heavy atom. The molecule has 0 fully saturated rings. The van der Waals surface area contributed by atoms with E-state index < -0.39 is 0 Å². The van der Waals surface area contributed by atoms with Crippen molar-refractivity contribution in [3.63, 3.8) is 0 Å². The summed E-state index contributed by atoms with van der Waals surface area (Å²) in [6.07, 6.45) is 0. The van der Waals surface area contributed by atoms with Crippen LogP contribution < -0.4 is 10.2 Å². The number of carbonyl (C=O) groups is 1. The Balaban J connectivity index is 2.05. The van der Waals surface area contributed by atoms with Gasteiger partial charge in [-0.15, -0.1) is 10.2 Å². The van der Waals surface area contributed by atoms with Gasteiger partial charge in [-0.2, -0.15) is 0 Å². The van der Waals surface area contributed by atoms with Gasteiger partial charge in [-0.3, -0.25) is 10.2 Å². The topological polar surface area (TPSA) is 69.0 Å². The van der Waals surface area contributed by atoms with E-state index in [1.165, 1.54) is 11.8 Å². The molecule has 0 aliphatic carbocycles. The lowest BCUT2D eigenvalue weighted by molar-refractivity contribution is -0.114. The average molecular weight is 341 g/mol. The van der Waals surface area contributed by atoms with E-state index in [2.05, 4.69) is 31.6 Å². The Morgan fingerprint density at radius 1 is 1.47 bits per heavy atom. The highest BCUT2D eigenvalue weighted by molar-refractivity contribution is 9.10. The molecule has 1 aromatic carbocycles. The minimum atomic E-state index is -0.0638. The lowest BCUT2D eigenvalue weighted by Crippen LogP contribution is -2.29. The van der Waals surface area contributed by atoms with Gasteiger partial charge in [-0.05, 0) is 34.1 Å². The van der Waals surface area contributed by atoms with Gasteiger partial charge < -0.3 is 4.74 Å². The molecule has 3 rings (SSSR count). The fraction of sp³-hybridized carbons (Fsp3) is 0.182. The van der Waals surface area contributed by atoms with Gasteiger partial charge >= 0.3 is 0 Å². The third-order valence-corrected chi connectivity index (χ3v) is 4.16. The van der Waals surface area contributed by atoms with Crippen LogP contribution in [0.3, 0.4) is 0 Å². The number of aromatic nitrogens is 3. The summed E-state index contributed by atoms with van der Waals surface area (Å²) in [6, 6.07) is 5.58. The second kappa shape index (κ2) is 4.86. The molecule has 0 spiro atoms. The molecule has 0 saturated carbocycles. The number of thioether (sulfide) groups is 1. The van der Waals surface area contributed by atoms with E-state index in [1.54, 1.807) is 11.8 Å². The highest BCUT2D eigenvalue weighted by Gasteiger charge is 2.22. The van der Waals surface area contributed by atoms with E-state index >= 15 is 0 Å². The van der Waals surface area contributed by atoms with Crippen molar-refractivity contribution in [1.82, 2.24) is 14.9 Å². The van der Waals surface area contributed by atoms with Crippen LogP contribution in [0.15, 0.2) is 27.8 Å². The van der Waals surface area contributed by atoms with Gasteiger partial charge in [-0.25, -0.2) is 4.68 Å². The molecule has 0 unspecified atom stereocenters. The zero-order valence-corrected chi connectivity index (χ0v) is 12.3. The number of nitrogens with one attached hydrogen (secondary N) is 1. The predicted molar refractivity (Wildman–Crippen MR) is 74.8 cm³/mol. The molecule has 1 amide bonds. The number of amides is 1. The van der Waals surface area contributed by atoms with Crippen molar-refractivity contribution in [3.8, 4) is 17.1 Å². The summed E-state index contributed by atoms with van der Waals surface area (Å²) in [5, 5.41) is 8.85. The first-order valence-electron chi connectivity index (χ1n) is 5.41. The van der Waals surface area contributed by atoms with Crippen molar-refractivity contribution in [1.29, 1.82) is 0 Å². The third-order valence-electron chi connectivity index (χ3n) is 2.61. The average Bonchev–Trinajstić information content (AvgIpc) is 2.81. The van der Waals surface area contributed by atoms with Crippen LogP contribution in [-0.4, -0.2) is 33.6 Å². The number of fused-ring (bicyclic) bond motifs is 1. The number of hydrogen-bond donors (Lipinski definition) is 1. The number of carbonyl (C=O) groups excluding carboxylic acids is 1. The number of halogens is 1. The van der Waals surface area contributed by atoms with Crippen molar-refractivity contribution < 1.29 is 9.53 Å². The van der Waals surface area contributed by atoms with Crippen molar-refractivity contribution >= 4 is 33.6 Å². The lowest BCUT2D eigenvalue weighted by Gasteiger charge is -2.15. The molecule has 8 heteroatoms. The van der Waals surface area contributed by atoms with Gasteiger partial charge in [-0.1, -0.05) is 11.8 Å². The second-order valence-corrected chi connectivity index (χ2v) is 5.61. The van der Waals surface area contributed by atoms with Crippen LogP contribution in [0.2, 0.25) is 0 Å². The highest BCUT2D eigenvalue weighted by atomic mass is 79.9. The fourth-order valence-electron chi connectivity index (χ4n) is 1.74. The van der Waals surface area contributed by atoms with Crippen LogP contribution in [0.5, 0.6) is 5.75 Å². The summed E-state index contributed by atoms with van der Waals surface area (Å²) >= 11 is 4.79. The molecule has 0 atom stereocenters. The first kappa shape index (κ1) is 12.5. The summed E-state index contributed by atoms with van der Waals surface area (Å²) in [7, 11) is 1.61. The first-order valence-corrected chi connectivity index (χ1v) is 7.19. The number of benzene rings is 1. The normalized spacial score (nSPS) is 13.9. The summed E-state index contributed by atoms with van der Waals surface area (Å²) in [5.74, 6) is 1.63. The van der Waals surface area contributed by atoms with Crippen LogP contribution >= 0.6 is 27.7 Å². The number of rotatable bonds is 2. The third kappa shape index (κ3) is 2.21. The zero-order valence-electron chi connectivity index (χ0n) is 9.88. The Labute approximate surface area is 121 Å². The van der Waals surface area contributed by atoms with Crippen molar-refractivity contribution in [2.45, 2.75) is 5.16 Å². The molecule has 2 aromatic rings. The number of ether oxygens (including phenoxy) is 1. The van der Waals surface area contributed by atoms with E-state index in [1.807, 2.05) is 18.2 Å². The highest BCUT2D eigenvalue weighted by Crippen LogP contribution is 2.31. The molecule has 1 aliphatic heterocycles. The van der Waals surface area contributed by atoms with Crippen LogP contribution in [0, 0.1) is 0 Å². The van der Waals surface area contributed by atoms with Gasteiger partial charge in [0, 0.05) is 5.56 Å². The van der Waals surface area contributed by atoms with Crippen molar-refractivity contribution in [2.75, 3.05) is 18.3 Å². The van der Waals surface area contributed by atoms with Crippen LogP contribution in [-0.2, 0) is 4.79 Å². The molecular formula is C11H9BrN4O2S. The Morgan fingerprint density at radius 2 is 2.32 bits per heavy atom. The monoisotopic (exact) mass is 340 g/mol. The largest absolute Gasteiger partial charge is 0.496 e. The molecule has 1 N–H and O–H groups in total. The SMILES string of the molecule is COc1ccc(-c2nnc3n2NC(=O)CS3)cc1Br. The summed E-state index contributed by atoms with van der Waals surface area (Å²) in [4.78, 5) is 11.4. The van der Waals surface area contributed by atoms with Gasteiger partial charge in [0.25, 0.3) is 0 Å². The summed E-state index contributed by atoms with van der Waals surface area (Å²) in [5.41, 5.74) is 3.58. The maximum atomic E-state index is 11.4. The van der Waals surface area contributed by atoms with Crippen LogP contribution in [0.4, 0.5) is 0 Å². The minimum absolute atomic E-state index is 0.0638. The van der Waals surface area contributed by atoms with Gasteiger partial charge in [0.2, 0.25) is 11.1 Å². The van der Waals surface area contributed by atoms with Gasteiger partial charge in [0.15, 0.2) is 5.82 Å². The number of methoxy groups -OCH3 is 1. The standard InChI is InChI=1S/C11H9BrN4O2S/c1-18-8-3-2-6(4-7(8)12)10-13-14-11-16(10)15-9(17)5-19-11/h2-4H,5H2,1H3,(H,15,17). The van der Waals surface area contributed by atoms with Gasteiger partial charge in [0.05, 0.1) is 17.3 Å². The molecule has 1 aliphatic rings. The molecule has 0 saturated heterocycles. The molecule has 0 bridgehead atoms. The molecular weight excluding hydrogens is 332 g/mol. The minimum Gasteiger partial charge on any atom is -0.496 e. The molecule has 2 heterocycles. The summed E-state index contributed by atoms with van der Waals surface area (Å²) < 4.78 is 7.60. The maximum absolute atomic E-state index is 11.4. The van der Waals surface area contributed by atoms with Crippen molar-refractivity contribution in [2.24, 2.45) is 0 Å². The predicted octanol–water partition coefficient (Wildman–Crippen LogP) is 1.89. The molecule has 98 valence electrons. The van der Waals surface area contributed by atoms with Crippen LogP contribution in [0.1, 0.15) is 0 Å². The smallest absolute Gasteiger partial charge is 0.249 e. The molecule has 6 nitrogen and oxygen atoms in total. The zero-order chi connectivity index (χ0) is 13.4. The molecule has 19 heavy (non-hydrogen) atoms. The fourth-order valence-corrected chi connectivity index (χ4v) is 2.97. The first-order chi connectivity index (χ1) is 9.19. The van der Waals surface area contributed by atoms with Crippen LogP contribution in [0.25, 0.3) is 11.4 Å². The quantitative estimate of drug-likeness (QED) is 0.904. The Hall–Kier alpha value is -1.54. The van der Waals surface area contributed by atoms with Gasteiger partial charge in [0.1, 0.15) is 5.75 Å². The Bertz CT molecular complexity index is 658. The molecule has 0 radical (unpaired) electrons. The Kier molecular flexibility index (Phi) is 3.19. The lowest BCUT2D eigenvalue weighted by atomic mass is 10.2. The van der Waals surface area contributed by atoms with E-state index in [-0.39, 0.29) is 5.91 Å². The second-order valence-electron chi connectivity index (χ2n) is 3.81. The molecule has 1 aromatic heterocycles. The van der Waals surface area contributed by atoms with E-state index in [4.69, 9.17) is 4.74 Å². The van der Waals surface area contributed by atoms with E-state index in [9.17, 15) is 4.79 Å². The number of hydrogen-bond acceptors (Lipinski definition) is 5. The summed E-state index contributed by atoms with van der Waals surface area (Å²) in [6.45, 7) is 0. The van der Waals surface area contributed by atoms with E-state index in [0.29, 0.717) is 16.7 Å². The van der Waals surface area contributed by atoms with E-state index in [0.717, 1.165) is 15.8 Å². The number of nitrogens with zero attached hydrogens (tertiary/aromatic N) is 3.